The fourth-order valence-corrected chi connectivity index (χ4v) is 2.86. The van der Waals surface area contributed by atoms with Gasteiger partial charge in [-0.2, -0.15) is 0 Å². The molecule has 0 amide bonds. The maximum atomic E-state index is 6.12. The molecule has 2 aromatic rings. The predicted molar refractivity (Wildman–Crippen MR) is 94.0 cm³/mol. The number of rotatable bonds is 5. The molecular weight excluding hydrogens is 294 g/mol. The van der Waals surface area contributed by atoms with Crippen molar-refractivity contribution in [3.8, 4) is 5.75 Å². The van der Waals surface area contributed by atoms with Gasteiger partial charge in [-0.3, -0.25) is 0 Å². The molecule has 22 heavy (non-hydrogen) atoms. The molecule has 118 valence electrons. The molecule has 1 aliphatic heterocycles. The quantitative estimate of drug-likeness (QED) is 0.897. The summed E-state index contributed by atoms with van der Waals surface area (Å²) >= 11 is 0. The van der Waals surface area contributed by atoms with Gasteiger partial charge in [0.1, 0.15) is 5.75 Å². The summed E-state index contributed by atoms with van der Waals surface area (Å²) in [4.78, 5) is 0. The van der Waals surface area contributed by atoms with Crippen LogP contribution in [0.25, 0.3) is 0 Å². The predicted octanol–water partition coefficient (Wildman–Crippen LogP) is 4.08. The van der Waals surface area contributed by atoms with Gasteiger partial charge in [-0.15, -0.1) is 12.4 Å². The molecule has 3 heteroatoms. The van der Waals surface area contributed by atoms with Crippen molar-refractivity contribution in [3.63, 3.8) is 0 Å². The second-order valence-corrected chi connectivity index (χ2v) is 5.77. The lowest BCUT2D eigenvalue weighted by Crippen LogP contribution is -2.30. The minimum atomic E-state index is 0. The summed E-state index contributed by atoms with van der Waals surface area (Å²) in [5.41, 5.74) is 2.60. The Morgan fingerprint density at radius 2 is 1.59 bits per heavy atom. The molecule has 1 saturated heterocycles. The number of hydrogen-bond acceptors (Lipinski definition) is 2. The Morgan fingerprint density at radius 3 is 2.36 bits per heavy atom. The zero-order valence-electron chi connectivity index (χ0n) is 12.8. The van der Waals surface area contributed by atoms with E-state index in [1.165, 1.54) is 24.0 Å². The second-order valence-electron chi connectivity index (χ2n) is 5.77. The Balaban J connectivity index is 0.00000176. The van der Waals surface area contributed by atoms with Gasteiger partial charge in [0.25, 0.3) is 0 Å². The van der Waals surface area contributed by atoms with Gasteiger partial charge < -0.3 is 10.1 Å². The molecule has 0 unspecified atom stereocenters. The first-order valence-electron chi connectivity index (χ1n) is 7.87. The zero-order chi connectivity index (χ0) is 14.3. The number of ether oxygens (including phenoxy) is 1. The minimum Gasteiger partial charge on any atom is -0.493 e. The van der Waals surface area contributed by atoms with Gasteiger partial charge >= 0.3 is 0 Å². The molecule has 1 N–H and O–H groups in total. The van der Waals surface area contributed by atoms with Crippen molar-refractivity contribution in [2.75, 3.05) is 19.7 Å². The van der Waals surface area contributed by atoms with Crippen molar-refractivity contribution in [1.29, 1.82) is 0 Å². The lowest BCUT2D eigenvalue weighted by atomic mass is 9.99. The monoisotopic (exact) mass is 317 g/mol. The van der Waals surface area contributed by atoms with Gasteiger partial charge in [0.2, 0.25) is 0 Å². The highest BCUT2D eigenvalue weighted by Gasteiger charge is 2.14. The summed E-state index contributed by atoms with van der Waals surface area (Å²) in [6, 6.07) is 19.0. The van der Waals surface area contributed by atoms with Crippen molar-refractivity contribution in [2.24, 2.45) is 5.92 Å². The van der Waals surface area contributed by atoms with E-state index in [4.69, 9.17) is 4.74 Å². The third kappa shape index (κ3) is 4.75. The number of piperidine rings is 1. The van der Waals surface area contributed by atoms with Crippen molar-refractivity contribution >= 4 is 12.4 Å². The molecule has 1 fully saturated rings. The van der Waals surface area contributed by atoms with E-state index < -0.39 is 0 Å². The number of para-hydroxylation sites is 1. The van der Waals surface area contributed by atoms with Crippen LogP contribution in [-0.4, -0.2) is 19.7 Å². The molecule has 0 atom stereocenters. The number of halogens is 1. The third-order valence-corrected chi connectivity index (χ3v) is 4.14. The summed E-state index contributed by atoms with van der Waals surface area (Å²) in [5, 5.41) is 3.40. The van der Waals surface area contributed by atoms with Crippen molar-refractivity contribution in [1.82, 2.24) is 5.32 Å². The summed E-state index contributed by atoms with van der Waals surface area (Å²) in [5.74, 6) is 1.73. The highest BCUT2D eigenvalue weighted by molar-refractivity contribution is 5.85. The van der Waals surface area contributed by atoms with E-state index in [1.54, 1.807) is 0 Å². The second kappa shape index (κ2) is 8.82. The molecular formula is C19H24ClNO. The van der Waals surface area contributed by atoms with Gasteiger partial charge in [0.15, 0.2) is 0 Å². The maximum absolute atomic E-state index is 6.12. The van der Waals surface area contributed by atoms with Gasteiger partial charge in [-0.05, 0) is 49.0 Å². The number of hydrogen-bond donors (Lipinski definition) is 1. The number of nitrogens with one attached hydrogen (secondary N) is 1. The Morgan fingerprint density at radius 1 is 0.909 bits per heavy atom. The molecule has 0 spiro atoms. The fraction of sp³-hybridized carbons (Fsp3) is 0.368. The molecule has 0 saturated carbocycles. The van der Waals surface area contributed by atoms with E-state index in [-0.39, 0.29) is 12.4 Å². The standard InChI is InChI=1S/C19H23NO.ClH/c1-2-6-16(7-3-1)14-18-8-4-5-9-19(18)21-15-17-10-12-20-13-11-17;/h1-9,17,20H,10-15H2;1H. The SMILES string of the molecule is Cl.c1ccc(Cc2ccccc2OCC2CCNCC2)cc1. The molecule has 0 aromatic heterocycles. The Hall–Kier alpha value is -1.51. The zero-order valence-corrected chi connectivity index (χ0v) is 13.6. The molecule has 1 heterocycles. The summed E-state index contributed by atoms with van der Waals surface area (Å²) < 4.78 is 6.12. The summed E-state index contributed by atoms with van der Waals surface area (Å²) in [6.45, 7) is 3.09. The van der Waals surface area contributed by atoms with Crippen LogP contribution in [-0.2, 0) is 6.42 Å². The van der Waals surface area contributed by atoms with Gasteiger partial charge in [0.05, 0.1) is 6.61 Å². The maximum Gasteiger partial charge on any atom is 0.122 e. The van der Waals surface area contributed by atoms with Crippen LogP contribution in [0.1, 0.15) is 24.0 Å². The molecule has 1 aliphatic rings. The average molecular weight is 318 g/mol. The van der Waals surface area contributed by atoms with Crippen LogP contribution in [0.15, 0.2) is 54.6 Å². The Labute approximate surface area is 139 Å². The van der Waals surface area contributed by atoms with Crippen molar-refractivity contribution in [2.45, 2.75) is 19.3 Å². The topological polar surface area (TPSA) is 21.3 Å². The summed E-state index contributed by atoms with van der Waals surface area (Å²) in [7, 11) is 0. The van der Waals surface area contributed by atoms with Crippen LogP contribution in [0.5, 0.6) is 5.75 Å². The summed E-state index contributed by atoms with van der Waals surface area (Å²) in [6.07, 6.45) is 3.38. The Bertz CT molecular complexity index is 552. The van der Waals surface area contributed by atoms with Crippen LogP contribution in [0.3, 0.4) is 0 Å². The fourth-order valence-electron chi connectivity index (χ4n) is 2.86. The lowest BCUT2D eigenvalue weighted by molar-refractivity contribution is 0.214. The van der Waals surface area contributed by atoms with E-state index in [0.717, 1.165) is 31.9 Å². The van der Waals surface area contributed by atoms with Crippen LogP contribution in [0.4, 0.5) is 0 Å². The molecule has 0 aliphatic carbocycles. The first-order chi connectivity index (χ1) is 10.4. The molecule has 0 radical (unpaired) electrons. The van der Waals surface area contributed by atoms with Crippen LogP contribution < -0.4 is 10.1 Å². The normalized spacial score (nSPS) is 15.1. The van der Waals surface area contributed by atoms with E-state index in [1.807, 2.05) is 0 Å². The first-order valence-corrected chi connectivity index (χ1v) is 7.87. The third-order valence-electron chi connectivity index (χ3n) is 4.14. The smallest absolute Gasteiger partial charge is 0.122 e. The van der Waals surface area contributed by atoms with Crippen LogP contribution in [0, 0.1) is 5.92 Å². The van der Waals surface area contributed by atoms with Gasteiger partial charge in [-0.25, -0.2) is 0 Å². The van der Waals surface area contributed by atoms with E-state index in [2.05, 4.69) is 59.9 Å². The Kier molecular flexibility index (Phi) is 6.75. The lowest BCUT2D eigenvalue weighted by Gasteiger charge is -2.23. The molecule has 2 aromatic carbocycles. The van der Waals surface area contributed by atoms with Crippen LogP contribution >= 0.6 is 12.4 Å². The average Bonchev–Trinajstić information content (AvgIpc) is 2.56. The minimum absolute atomic E-state index is 0. The van der Waals surface area contributed by atoms with Crippen molar-refractivity contribution < 1.29 is 4.74 Å². The van der Waals surface area contributed by atoms with Gasteiger partial charge in [-0.1, -0.05) is 48.5 Å². The first kappa shape index (κ1) is 16.9. The van der Waals surface area contributed by atoms with E-state index in [0.29, 0.717) is 5.92 Å². The molecule has 2 nitrogen and oxygen atoms in total. The molecule has 3 rings (SSSR count). The largest absolute Gasteiger partial charge is 0.493 e. The van der Waals surface area contributed by atoms with Crippen molar-refractivity contribution in [3.05, 3.63) is 65.7 Å². The highest BCUT2D eigenvalue weighted by Crippen LogP contribution is 2.23. The number of benzene rings is 2. The van der Waals surface area contributed by atoms with Crippen LogP contribution in [0.2, 0.25) is 0 Å². The van der Waals surface area contributed by atoms with E-state index in [9.17, 15) is 0 Å². The molecule has 0 bridgehead atoms. The van der Waals surface area contributed by atoms with E-state index >= 15 is 0 Å². The highest BCUT2D eigenvalue weighted by atomic mass is 35.5. The van der Waals surface area contributed by atoms with Gasteiger partial charge in [0, 0.05) is 6.42 Å².